The highest BCUT2D eigenvalue weighted by Gasteiger charge is 2.30. The van der Waals surface area contributed by atoms with Crippen molar-refractivity contribution in [2.75, 3.05) is 0 Å². The molecule has 1 atom stereocenters. The molecule has 0 amide bonds. The fraction of sp³-hybridized carbons (Fsp3) is 1.00. The molecule has 14 heavy (non-hydrogen) atoms. The van der Waals surface area contributed by atoms with Crippen LogP contribution in [0.1, 0.15) is 74.1 Å². The first-order valence-corrected chi connectivity index (χ1v) is 6.24. The van der Waals surface area contributed by atoms with Crippen LogP contribution in [-0.2, 0) is 0 Å². The lowest BCUT2D eigenvalue weighted by Crippen LogP contribution is -2.26. The van der Waals surface area contributed by atoms with Gasteiger partial charge in [0.05, 0.1) is 0 Å². The lowest BCUT2D eigenvalue weighted by atomic mass is 9.68. The van der Waals surface area contributed by atoms with Gasteiger partial charge in [-0.05, 0) is 29.6 Å². The molecule has 0 aromatic heterocycles. The molecule has 0 aliphatic heterocycles. The van der Waals surface area contributed by atoms with Crippen LogP contribution in [0.5, 0.6) is 0 Å². The molecule has 0 bridgehead atoms. The van der Waals surface area contributed by atoms with Gasteiger partial charge < -0.3 is 0 Å². The molecule has 0 rings (SSSR count). The predicted octanol–water partition coefficient (Wildman–Crippen LogP) is 5.28. The molecule has 0 nitrogen and oxygen atoms in total. The lowest BCUT2D eigenvalue weighted by molar-refractivity contribution is 0.137. The largest absolute Gasteiger partial charge is 0.0649 e. The Bertz CT molecular complexity index is 155. The minimum atomic E-state index is 0.514. The van der Waals surface area contributed by atoms with E-state index in [1.165, 1.54) is 25.7 Å². The number of hydrogen-bond donors (Lipinski definition) is 0. The Morgan fingerprint density at radius 2 is 1.43 bits per heavy atom. The maximum atomic E-state index is 2.46. The second kappa shape index (κ2) is 5.19. The van der Waals surface area contributed by atoms with Gasteiger partial charge in [0.1, 0.15) is 0 Å². The Kier molecular flexibility index (Phi) is 5.19. The molecule has 0 N–H and O–H groups in total. The Morgan fingerprint density at radius 1 is 0.929 bits per heavy atom. The Morgan fingerprint density at radius 3 is 1.71 bits per heavy atom. The van der Waals surface area contributed by atoms with Crippen LogP contribution in [0.4, 0.5) is 0 Å². The fourth-order valence-electron chi connectivity index (χ4n) is 2.61. The van der Waals surface area contributed by atoms with E-state index < -0.39 is 0 Å². The third-order valence-corrected chi connectivity index (χ3v) is 3.62. The summed E-state index contributed by atoms with van der Waals surface area (Å²) in [7, 11) is 0. The van der Waals surface area contributed by atoms with Gasteiger partial charge in [-0.1, -0.05) is 61.3 Å². The summed E-state index contributed by atoms with van der Waals surface area (Å²) in [6.45, 7) is 16.6. The monoisotopic (exact) mass is 198 g/mol. The minimum Gasteiger partial charge on any atom is -0.0649 e. The van der Waals surface area contributed by atoms with Crippen LogP contribution in [0.3, 0.4) is 0 Å². The summed E-state index contributed by atoms with van der Waals surface area (Å²) in [5, 5.41) is 0. The van der Waals surface area contributed by atoms with Crippen LogP contribution in [0, 0.1) is 16.7 Å². The van der Waals surface area contributed by atoms with Gasteiger partial charge >= 0.3 is 0 Å². The van der Waals surface area contributed by atoms with E-state index in [1.807, 2.05) is 0 Å². The zero-order chi connectivity index (χ0) is 11.4. The second-order valence-electron chi connectivity index (χ2n) is 6.46. The average Bonchev–Trinajstić information content (AvgIpc) is 2.02. The lowest BCUT2D eigenvalue weighted by Gasteiger charge is -2.38. The first-order valence-electron chi connectivity index (χ1n) is 6.24. The summed E-state index contributed by atoms with van der Waals surface area (Å²) >= 11 is 0. The molecule has 0 fully saturated rings. The molecule has 0 saturated heterocycles. The molecule has 0 heteroatoms. The van der Waals surface area contributed by atoms with Crippen molar-refractivity contribution in [2.24, 2.45) is 16.7 Å². The summed E-state index contributed by atoms with van der Waals surface area (Å²) in [5.74, 6) is 0.826. The van der Waals surface area contributed by atoms with Gasteiger partial charge in [0.25, 0.3) is 0 Å². The third kappa shape index (κ3) is 5.02. The molecular weight excluding hydrogens is 168 g/mol. The van der Waals surface area contributed by atoms with Gasteiger partial charge in [0.2, 0.25) is 0 Å². The smallest absolute Gasteiger partial charge is 0.0321 e. The standard InChI is InChI=1S/C14H30/c1-8-13(5,6)11-14(7,9-2)10-12(3)4/h12H,8-11H2,1-7H3. The van der Waals surface area contributed by atoms with Crippen LogP contribution >= 0.6 is 0 Å². The molecule has 0 radical (unpaired) electrons. The summed E-state index contributed by atoms with van der Waals surface area (Å²) in [5.41, 5.74) is 1.06. The molecule has 0 saturated carbocycles. The van der Waals surface area contributed by atoms with Crippen LogP contribution in [-0.4, -0.2) is 0 Å². The highest BCUT2D eigenvalue weighted by atomic mass is 14.4. The van der Waals surface area contributed by atoms with Gasteiger partial charge in [-0.25, -0.2) is 0 Å². The van der Waals surface area contributed by atoms with Crippen molar-refractivity contribution in [1.29, 1.82) is 0 Å². The van der Waals surface area contributed by atoms with Crippen molar-refractivity contribution in [3.63, 3.8) is 0 Å². The SMILES string of the molecule is CCC(C)(C)CC(C)(CC)CC(C)C. The maximum Gasteiger partial charge on any atom is -0.0321 e. The normalized spacial score (nSPS) is 17.1. The number of rotatable bonds is 6. The van der Waals surface area contributed by atoms with Gasteiger partial charge in [-0.3, -0.25) is 0 Å². The van der Waals surface area contributed by atoms with E-state index in [9.17, 15) is 0 Å². The van der Waals surface area contributed by atoms with E-state index in [0.717, 1.165) is 5.92 Å². The van der Waals surface area contributed by atoms with Crippen molar-refractivity contribution < 1.29 is 0 Å². The van der Waals surface area contributed by atoms with E-state index in [2.05, 4.69) is 48.5 Å². The molecule has 0 heterocycles. The topological polar surface area (TPSA) is 0 Å². The quantitative estimate of drug-likeness (QED) is 0.545. The Balaban J connectivity index is 4.39. The van der Waals surface area contributed by atoms with Crippen molar-refractivity contribution in [3.05, 3.63) is 0 Å². The first-order chi connectivity index (χ1) is 6.24. The van der Waals surface area contributed by atoms with Crippen LogP contribution < -0.4 is 0 Å². The first kappa shape index (κ1) is 14.0. The van der Waals surface area contributed by atoms with E-state index in [0.29, 0.717) is 10.8 Å². The van der Waals surface area contributed by atoms with Gasteiger partial charge in [0.15, 0.2) is 0 Å². The molecule has 0 aliphatic carbocycles. The van der Waals surface area contributed by atoms with Crippen molar-refractivity contribution in [1.82, 2.24) is 0 Å². The van der Waals surface area contributed by atoms with Crippen molar-refractivity contribution in [3.8, 4) is 0 Å². The molecule has 0 spiro atoms. The molecule has 0 aromatic rings. The van der Waals surface area contributed by atoms with Crippen molar-refractivity contribution in [2.45, 2.75) is 74.1 Å². The van der Waals surface area contributed by atoms with Crippen LogP contribution in [0.2, 0.25) is 0 Å². The predicted molar refractivity (Wildman–Crippen MR) is 66.5 cm³/mol. The molecule has 1 unspecified atom stereocenters. The van der Waals surface area contributed by atoms with E-state index >= 15 is 0 Å². The summed E-state index contributed by atoms with van der Waals surface area (Å²) in [6, 6.07) is 0. The van der Waals surface area contributed by atoms with Gasteiger partial charge in [0, 0.05) is 0 Å². The van der Waals surface area contributed by atoms with Crippen molar-refractivity contribution >= 4 is 0 Å². The molecular formula is C14H30. The van der Waals surface area contributed by atoms with E-state index in [-0.39, 0.29) is 0 Å². The number of hydrogen-bond acceptors (Lipinski definition) is 0. The second-order valence-corrected chi connectivity index (χ2v) is 6.46. The van der Waals surface area contributed by atoms with Gasteiger partial charge in [-0.15, -0.1) is 0 Å². The van der Waals surface area contributed by atoms with E-state index in [1.54, 1.807) is 0 Å². The zero-order valence-electron chi connectivity index (χ0n) is 11.4. The highest BCUT2D eigenvalue weighted by Crippen LogP contribution is 2.42. The summed E-state index contributed by atoms with van der Waals surface area (Å²) in [4.78, 5) is 0. The zero-order valence-corrected chi connectivity index (χ0v) is 11.4. The average molecular weight is 198 g/mol. The molecule has 0 aromatic carbocycles. The fourth-order valence-corrected chi connectivity index (χ4v) is 2.61. The minimum absolute atomic E-state index is 0.514. The Labute approximate surface area is 91.5 Å². The third-order valence-electron chi connectivity index (χ3n) is 3.62. The molecule has 0 aliphatic rings. The van der Waals surface area contributed by atoms with Crippen LogP contribution in [0.25, 0.3) is 0 Å². The highest BCUT2D eigenvalue weighted by molar-refractivity contribution is 4.81. The maximum absolute atomic E-state index is 2.46. The van der Waals surface area contributed by atoms with Gasteiger partial charge in [-0.2, -0.15) is 0 Å². The van der Waals surface area contributed by atoms with Crippen LogP contribution in [0.15, 0.2) is 0 Å². The summed E-state index contributed by atoms with van der Waals surface area (Å²) < 4.78 is 0. The Hall–Kier alpha value is 0. The molecule has 86 valence electrons. The summed E-state index contributed by atoms with van der Waals surface area (Å²) in [6.07, 6.45) is 5.34. The van der Waals surface area contributed by atoms with E-state index in [4.69, 9.17) is 0 Å².